The average Bonchev–Trinajstić information content (AvgIpc) is 2.05. The molecule has 1 atom stereocenters. The molecule has 0 heterocycles. The molecular weight excluding hydrogens is 126 g/mol. The first kappa shape index (κ1) is 7.22. The highest BCUT2D eigenvalue weighted by Crippen LogP contribution is 2.11. The van der Waals surface area contributed by atoms with Gasteiger partial charge in [-0.3, -0.25) is 4.79 Å². The van der Waals surface area contributed by atoms with E-state index in [4.69, 9.17) is 5.73 Å². The number of rotatable bonds is 2. The van der Waals surface area contributed by atoms with Crippen LogP contribution in [-0.2, 0) is 4.79 Å². The smallest absolute Gasteiger partial charge is 0.221 e. The van der Waals surface area contributed by atoms with Crippen LogP contribution in [0.5, 0.6) is 0 Å². The molecule has 0 unspecified atom stereocenters. The summed E-state index contributed by atoms with van der Waals surface area (Å²) in [7, 11) is 0. The van der Waals surface area contributed by atoms with Crippen LogP contribution in [0.1, 0.15) is 12.8 Å². The van der Waals surface area contributed by atoms with Crippen molar-refractivity contribution in [2.75, 3.05) is 0 Å². The predicted octanol–water partition coefficient (Wildman–Crippen LogP) is 0.700. The van der Waals surface area contributed by atoms with Crippen LogP contribution in [0, 0.1) is 0 Å². The fraction of sp³-hybridized carbons (Fsp3) is 0.375. The average molecular weight is 136 g/mol. The molecule has 0 aliphatic heterocycles. The minimum absolute atomic E-state index is 0.509. The highest BCUT2D eigenvalue weighted by molar-refractivity contribution is 5.64. The van der Waals surface area contributed by atoms with Crippen molar-refractivity contribution in [3.05, 3.63) is 23.8 Å². The summed E-state index contributed by atoms with van der Waals surface area (Å²) in [6.45, 7) is 0. The Balaban J connectivity index is 2.55. The predicted molar refractivity (Wildman–Crippen MR) is 40.1 cm³/mol. The van der Waals surface area contributed by atoms with E-state index in [-0.39, 0.29) is 0 Å². The van der Waals surface area contributed by atoms with Gasteiger partial charge < -0.3 is 5.73 Å². The number of allylic oxidation sites excluding steroid dienone is 3. The minimum Gasteiger partial charge on any atom is -0.318 e. The van der Waals surface area contributed by atoms with Crippen molar-refractivity contribution < 1.29 is 4.79 Å². The maximum absolute atomic E-state index is 10.1. The van der Waals surface area contributed by atoms with E-state index in [9.17, 15) is 4.79 Å². The van der Waals surface area contributed by atoms with E-state index in [1.165, 1.54) is 0 Å². The number of hydrogen-bond acceptors (Lipinski definition) is 2. The lowest BCUT2D eigenvalue weighted by Crippen LogP contribution is -2.24. The Morgan fingerprint density at radius 1 is 1.60 bits per heavy atom. The van der Waals surface area contributed by atoms with Gasteiger partial charge in [-0.2, -0.15) is 0 Å². The van der Waals surface area contributed by atoms with Gasteiger partial charge in [0.1, 0.15) is 0 Å². The van der Waals surface area contributed by atoms with Gasteiger partial charge in [0.05, 0.1) is 6.04 Å². The van der Waals surface area contributed by atoms with Crippen LogP contribution in [0.25, 0.3) is 0 Å². The van der Waals surface area contributed by atoms with Crippen molar-refractivity contribution in [3.63, 3.8) is 0 Å². The second-order valence-corrected chi connectivity index (χ2v) is 2.29. The second-order valence-electron chi connectivity index (χ2n) is 2.29. The van der Waals surface area contributed by atoms with Crippen LogP contribution in [0.15, 0.2) is 23.8 Å². The number of carbonyl (C=O) groups excluding carboxylic acids is 1. The highest BCUT2D eigenvalue weighted by atomic mass is 16.1. The van der Waals surface area contributed by atoms with Crippen molar-refractivity contribution in [1.82, 2.24) is 0 Å². The minimum atomic E-state index is -0.509. The Hall–Kier alpha value is -0.890. The third kappa shape index (κ3) is 1.54. The molecule has 0 aromatic heterocycles. The van der Waals surface area contributed by atoms with E-state index in [1.807, 2.05) is 12.2 Å². The summed E-state index contributed by atoms with van der Waals surface area (Å²) >= 11 is 0. The van der Waals surface area contributed by atoms with E-state index < -0.39 is 6.04 Å². The molecule has 0 spiro atoms. The van der Waals surface area contributed by atoms with Gasteiger partial charge in [-0.05, 0) is 18.4 Å². The molecule has 0 saturated heterocycles. The molecule has 2 N–H and O–H groups in total. The van der Waals surface area contributed by atoms with Gasteiger partial charge in [0.2, 0.25) is 6.29 Å². The van der Waals surface area contributed by atoms with Gasteiger partial charge in [-0.1, -0.05) is 18.2 Å². The van der Waals surface area contributed by atoms with Gasteiger partial charge >= 0.3 is 0 Å². The molecule has 0 fully saturated rings. The molecule has 0 aromatic rings. The van der Waals surface area contributed by atoms with Crippen molar-refractivity contribution in [2.45, 2.75) is 18.9 Å². The molecule has 53 valence electrons. The number of hydrogen-bond donors (Lipinski definition) is 1. The number of nitrogens with two attached hydrogens (primary N) is 1. The van der Waals surface area contributed by atoms with Crippen LogP contribution >= 0.6 is 0 Å². The zero-order valence-electron chi connectivity index (χ0n) is 5.71. The summed E-state index contributed by atoms with van der Waals surface area (Å²) < 4.78 is 0. The third-order valence-corrected chi connectivity index (χ3v) is 1.56. The van der Waals surface area contributed by atoms with Crippen LogP contribution in [-0.4, -0.2) is 12.3 Å². The molecule has 2 heteroatoms. The van der Waals surface area contributed by atoms with Gasteiger partial charge in [0.25, 0.3) is 0 Å². The zero-order chi connectivity index (χ0) is 7.40. The third-order valence-electron chi connectivity index (χ3n) is 1.56. The zero-order valence-corrected chi connectivity index (χ0v) is 5.71. The molecule has 2 nitrogen and oxygen atoms in total. The fourth-order valence-corrected chi connectivity index (χ4v) is 0.948. The Morgan fingerprint density at radius 3 is 2.90 bits per heavy atom. The van der Waals surface area contributed by atoms with E-state index in [0.29, 0.717) is 0 Å². The molecule has 0 aromatic carbocycles. The van der Waals surface area contributed by atoms with Crippen LogP contribution in [0.3, 0.4) is 0 Å². The molecule has 0 saturated carbocycles. The maximum atomic E-state index is 10.1. The van der Waals surface area contributed by atoms with Gasteiger partial charge in [0.15, 0.2) is 0 Å². The lowest BCUT2D eigenvalue weighted by molar-refractivity contribution is 0.547. The molecule has 0 amide bonds. The Bertz CT molecular complexity index is 182. The fourth-order valence-electron chi connectivity index (χ4n) is 0.948. The highest BCUT2D eigenvalue weighted by Gasteiger charge is 2.07. The molecule has 1 radical (unpaired) electrons. The van der Waals surface area contributed by atoms with Crippen molar-refractivity contribution >= 4 is 6.29 Å². The van der Waals surface area contributed by atoms with Crippen LogP contribution in [0.2, 0.25) is 0 Å². The van der Waals surface area contributed by atoms with E-state index >= 15 is 0 Å². The summed E-state index contributed by atoms with van der Waals surface area (Å²) in [6, 6.07) is -0.509. The first-order chi connectivity index (χ1) is 4.84. The molecule has 1 aliphatic rings. The summed E-state index contributed by atoms with van der Waals surface area (Å²) in [5.74, 6) is 0. The van der Waals surface area contributed by atoms with Gasteiger partial charge in [-0.15, -0.1) is 0 Å². The monoisotopic (exact) mass is 136 g/mol. The normalized spacial score (nSPS) is 19.9. The largest absolute Gasteiger partial charge is 0.318 e. The Kier molecular flexibility index (Phi) is 2.40. The molecule has 0 bridgehead atoms. The summed E-state index contributed by atoms with van der Waals surface area (Å²) in [4.78, 5) is 10.1. The summed E-state index contributed by atoms with van der Waals surface area (Å²) in [6.07, 6.45) is 9.51. The summed E-state index contributed by atoms with van der Waals surface area (Å²) in [5.41, 5.74) is 6.41. The van der Waals surface area contributed by atoms with Crippen molar-refractivity contribution in [2.24, 2.45) is 5.73 Å². The lowest BCUT2D eigenvalue weighted by atomic mass is 10.0. The SMILES string of the molecule is N[C@@H]([C]=O)C1=CCC=CC1. The van der Waals surface area contributed by atoms with Crippen molar-refractivity contribution in [3.8, 4) is 0 Å². The van der Waals surface area contributed by atoms with E-state index in [2.05, 4.69) is 6.08 Å². The second kappa shape index (κ2) is 3.32. The van der Waals surface area contributed by atoms with Gasteiger partial charge in [0, 0.05) is 0 Å². The first-order valence-corrected chi connectivity index (χ1v) is 3.32. The standard InChI is InChI=1S/C8H10NO/c9-8(6-10)7-4-2-1-3-5-7/h1-2,5,8H,3-4,9H2/t8-/m0/s1. The molecule has 10 heavy (non-hydrogen) atoms. The maximum Gasteiger partial charge on any atom is 0.221 e. The molecular formula is C8H10NO. The topological polar surface area (TPSA) is 43.1 Å². The first-order valence-electron chi connectivity index (χ1n) is 3.32. The van der Waals surface area contributed by atoms with Gasteiger partial charge in [-0.25, -0.2) is 0 Å². The van der Waals surface area contributed by atoms with E-state index in [0.717, 1.165) is 18.4 Å². The quantitative estimate of drug-likeness (QED) is 0.568. The van der Waals surface area contributed by atoms with Crippen LogP contribution < -0.4 is 5.73 Å². The van der Waals surface area contributed by atoms with Crippen LogP contribution in [0.4, 0.5) is 0 Å². The lowest BCUT2D eigenvalue weighted by Gasteiger charge is -2.09. The summed E-state index contributed by atoms with van der Waals surface area (Å²) in [5, 5.41) is 0. The van der Waals surface area contributed by atoms with Crippen molar-refractivity contribution in [1.29, 1.82) is 0 Å². The Labute approximate surface area is 60.4 Å². The molecule has 1 rings (SSSR count). The Morgan fingerprint density at radius 2 is 2.40 bits per heavy atom. The van der Waals surface area contributed by atoms with E-state index in [1.54, 1.807) is 6.29 Å². The molecule has 1 aliphatic carbocycles.